The number of nitrogens with one attached hydrogen (secondary N) is 2. The summed E-state index contributed by atoms with van der Waals surface area (Å²) in [6.07, 6.45) is 2.25. The monoisotopic (exact) mass is 448 g/mol. The second kappa shape index (κ2) is 8.78. The molecule has 1 heterocycles. The number of carboxylic acids is 1. The van der Waals surface area contributed by atoms with Gasteiger partial charge in [0.05, 0.1) is 11.9 Å². The molecule has 0 atom stereocenters. The molecule has 0 fully saturated rings. The Bertz CT molecular complexity index is 1170. The predicted octanol–water partition coefficient (Wildman–Crippen LogP) is 3.18. The van der Waals surface area contributed by atoms with Crippen molar-refractivity contribution in [3.63, 3.8) is 0 Å². The lowest BCUT2D eigenvalue weighted by molar-refractivity contribution is -0.139. The van der Waals surface area contributed by atoms with E-state index in [2.05, 4.69) is 27.9 Å². The number of carbonyl (C=O) groups is 3. The lowest BCUT2D eigenvalue weighted by atomic mass is 9.98. The van der Waals surface area contributed by atoms with Crippen LogP contribution in [0, 0.1) is 0 Å². The van der Waals surface area contributed by atoms with Crippen LogP contribution in [-0.2, 0) is 19.9 Å². The first-order valence-corrected chi connectivity index (χ1v) is 10.4. The predicted molar refractivity (Wildman–Crippen MR) is 121 cm³/mol. The fourth-order valence-corrected chi connectivity index (χ4v) is 3.92. The van der Waals surface area contributed by atoms with Gasteiger partial charge in [0.1, 0.15) is 18.7 Å². The topological polar surface area (TPSA) is 123 Å². The Morgan fingerprint density at radius 1 is 1.06 bits per heavy atom. The lowest BCUT2D eigenvalue weighted by Gasteiger charge is -2.23. The van der Waals surface area contributed by atoms with Gasteiger partial charge in [0.2, 0.25) is 5.91 Å². The molecule has 1 aliphatic rings. The maximum atomic E-state index is 12.4. The van der Waals surface area contributed by atoms with E-state index in [9.17, 15) is 14.4 Å². The Balaban J connectivity index is 1.39. The van der Waals surface area contributed by atoms with Crippen LogP contribution in [-0.4, -0.2) is 46.0 Å². The zero-order valence-corrected chi connectivity index (χ0v) is 18.2. The third-order valence-electron chi connectivity index (χ3n) is 5.70. The van der Waals surface area contributed by atoms with Gasteiger partial charge in [-0.25, -0.2) is 4.79 Å². The molecular weight excluding hydrogens is 424 g/mol. The van der Waals surface area contributed by atoms with Crippen LogP contribution in [0.2, 0.25) is 0 Å². The van der Waals surface area contributed by atoms with Crippen molar-refractivity contribution in [1.29, 1.82) is 0 Å². The fourth-order valence-electron chi connectivity index (χ4n) is 3.92. The molecule has 3 aromatic rings. The summed E-state index contributed by atoms with van der Waals surface area (Å²) in [4.78, 5) is 35.4. The van der Waals surface area contributed by atoms with Crippen molar-refractivity contribution in [1.82, 2.24) is 15.1 Å². The van der Waals surface area contributed by atoms with Gasteiger partial charge in [-0.15, -0.1) is 0 Å². The molecule has 1 aliphatic carbocycles. The second-order valence-corrected chi connectivity index (χ2v) is 8.26. The SMILES string of the molecule is CC(C)(C(=O)NCC(=O)O)n1cc(NC(=O)OCC2c3ccccc3-c3ccccc32)cn1. The molecular formula is C24H24N4O5. The average Bonchev–Trinajstić information content (AvgIpc) is 3.39. The second-order valence-electron chi connectivity index (χ2n) is 8.26. The summed E-state index contributed by atoms with van der Waals surface area (Å²) in [5.41, 5.74) is 3.73. The van der Waals surface area contributed by atoms with Crippen molar-refractivity contribution in [2.75, 3.05) is 18.5 Å². The smallest absolute Gasteiger partial charge is 0.411 e. The van der Waals surface area contributed by atoms with Gasteiger partial charge in [-0.1, -0.05) is 48.5 Å². The number of nitrogens with zero attached hydrogens (tertiary/aromatic N) is 2. The Morgan fingerprint density at radius 3 is 2.27 bits per heavy atom. The summed E-state index contributed by atoms with van der Waals surface area (Å²) in [5, 5.41) is 17.8. The van der Waals surface area contributed by atoms with Crippen molar-refractivity contribution in [3.8, 4) is 11.1 Å². The Labute approximate surface area is 190 Å². The van der Waals surface area contributed by atoms with E-state index in [0.717, 1.165) is 22.3 Å². The molecule has 9 nitrogen and oxygen atoms in total. The summed E-state index contributed by atoms with van der Waals surface area (Å²) in [5.74, 6) is -1.71. The van der Waals surface area contributed by atoms with Gasteiger partial charge in [0.15, 0.2) is 0 Å². The molecule has 0 spiro atoms. The number of aliphatic carboxylic acids is 1. The summed E-state index contributed by atoms with van der Waals surface area (Å²) in [6.45, 7) is 2.87. The van der Waals surface area contributed by atoms with Gasteiger partial charge in [-0.2, -0.15) is 5.10 Å². The third kappa shape index (κ3) is 4.43. The van der Waals surface area contributed by atoms with Crippen LogP contribution in [0.15, 0.2) is 60.9 Å². The number of aromatic nitrogens is 2. The van der Waals surface area contributed by atoms with E-state index in [4.69, 9.17) is 9.84 Å². The van der Waals surface area contributed by atoms with E-state index >= 15 is 0 Å². The molecule has 33 heavy (non-hydrogen) atoms. The van der Waals surface area contributed by atoms with Crippen molar-refractivity contribution < 1.29 is 24.2 Å². The van der Waals surface area contributed by atoms with E-state index in [1.807, 2.05) is 36.4 Å². The van der Waals surface area contributed by atoms with E-state index in [0.29, 0.717) is 5.69 Å². The number of carboxylic acid groups (broad SMARTS) is 1. The highest BCUT2D eigenvalue weighted by atomic mass is 16.5. The standard InChI is InChI=1S/C24H24N4O5/c1-24(2,22(31)25-12-21(29)30)28-13-15(11-26-28)27-23(32)33-14-20-18-9-5-3-7-16(18)17-8-4-6-10-19(17)20/h3-11,13,20H,12,14H2,1-2H3,(H,25,31)(H,27,32)(H,29,30). The highest BCUT2D eigenvalue weighted by Gasteiger charge is 2.31. The normalized spacial score (nSPS) is 12.5. The first-order chi connectivity index (χ1) is 15.8. The first kappa shape index (κ1) is 22.1. The molecule has 2 amide bonds. The zero-order chi connectivity index (χ0) is 23.6. The molecule has 170 valence electrons. The zero-order valence-electron chi connectivity index (χ0n) is 18.2. The quantitative estimate of drug-likeness (QED) is 0.510. The average molecular weight is 448 g/mol. The van der Waals surface area contributed by atoms with Crippen molar-refractivity contribution >= 4 is 23.7 Å². The first-order valence-electron chi connectivity index (χ1n) is 10.4. The van der Waals surface area contributed by atoms with Crippen molar-refractivity contribution in [2.24, 2.45) is 0 Å². The van der Waals surface area contributed by atoms with Gasteiger partial charge < -0.3 is 15.2 Å². The maximum Gasteiger partial charge on any atom is 0.411 e. The number of benzene rings is 2. The molecule has 0 bridgehead atoms. The summed E-state index contributed by atoms with van der Waals surface area (Å²) in [6, 6.07) is 16.2. The van der Waals surface area contributed by atoms with Crippen molar-refractivity contribution in [3.05, 3.63) is 72.1 Å². The molecule has 0 saturated heterocycles. The van der Waals surface area contributed by atoms with Crippen LogP contribution in [0.4, 0.5) is 10.5 Å². The number of fused-ring (bicyclic) bond motifs is 3. The van der Waals surface area contributed by atoms with Crippen LogP contribution < -0.4 is 10.6 Å². The maximum absolute atomic E-state index is 12.4. The molecule has 3 N–H and O–H groups in total. The summed E-state index contributed by atoms with van der Waals surface area (Å²) >= 11 is 0. The number of ether oxygens (including phenoxy) is 1. The van der Waals surface area contributed by atoms with E-state index < -0.39 is 30.1 Å². The van der Waals surface area contributed by atoms with E-state index in [1.54, 1.807) is 13.8 Å². The summed E-state index contributed by atoms with van der Waals surface area (Å²) < 4.78 is 6.87. The fraction of sp³-hybridized carbons (Fsp3) is 0.250. The van der Waals surface area contributed by atoms with Crippen molar-refractivity contribution in [2.45, 2.75) is 25.3 Å². The number of rotatable bonds is 7. The van der Waals surface area contributed by atoms with Crippen LogP contribution in [0.3, 0.4) is 0 Å². The molecule has 9 heteroatoms. The van der Waals surface area contributed by atoms with E-state index in [1.165, 1.54) is 17.1 Å². The molecule has 0 aliphatic heterocycles. The minimum Gasteiger partial charge on any atom is -0.480 e. The molecule has 0 unspecified atom stereocenters. The molecule has 1 aromatic heterocycles. The van der Waals surface area contributed by atoms with Gasteiger partial charge >= 0.3 is 12.1 Å². The number of anilines is 1. The van der Waals surface area contributed by atoms with Gasteiger partial charge in [0, 0.05) is 12.1 Å². The Kier molecular flexibility index (Phi) is 5.87. The lowest BCUT2D eigenvalue weighted by Crippen LogP contribution is -2.46. The van der Waals surface area contributed by atoms with Gasteiger partial charge in [-0.3, -0.25) is 19.6 Å². The molecule has 0 radical (unpaired) electrons. The highest BCUT2D eigenvalue weighted by molar-refractivity contribution is 5.87. The third-order valence-corrected chi connectivity index (χ3v) is 5.70. The molecule has 2 aromatic carbocycles. The Morgan fingerprint density at radius 2 is 1.67 bits per heavy atom. The minimum atomic E-state index is -1.16. The van der Waals surface area contributed by atoms with Crippen LogP contribution in [0.5, 0.6) is 0 Å². The van der Waals surface area contributed by atoms with Crippen LogP contribution in [0.1, 0.15) is 30.9 Å². The van der Waals surface area contributed by atoms with Crippen LogP contribution >= 0.6 is 0 Å². The van der Waals surface area contributed by atoms with E-state index in [-0.39, 0.29) is 12.5 Å². The highest BCUT2D eigenvalue weighted by Crippen LogP contribution is 2.44. The number of amides is 2. The largest absolute Gasteiger partial charge is 0.480 e. The minimum absolute atomic E-state index is 0.0530. The number of carbonyl (C=O) groups excluding carboxylic acids is 2. The van der Waals surface area contributed by atoms with Gasteiger partial charge in [0.25, 0.3) is 0 Å². The van der Waals surface area contributed by atoms with Crippen LogP contribution in [0.25, 0.3) is 11.1 Å². The number of hydrogen-bond acceptors (Lipinski definition) is 5. The Hall–Kier alpha value is -4.14. The molecule has 0 saturated carbocycles. The van der Waals surface area contributed by atoms with Gasteiger partial charge in [-0.05, 0) is 36.1 Å². The number of hydrogen-bond donors (Lipinski definition) is 3. The summed E-state index contributed by atoms with van der Waals surface area (Å²) in [7, 11) is 0. The molecule has 4 rings (SSSR count).